The molecule has 0 spiro atoms. The van der Waals surface area contributed by atoms with Crippen LogP contribution in [0.3, 0.4) is 0 Å². The Balaban J connectivity index is 1.96. The quantitative estimate of drug-likeness (QED) is 0.721. The number of hydrogen-bond donors (Lipinski definition) is 1. The molecule has 92 valence electrons. The van der Waals surface area contributed by atoms with Crippen molar-refractivity contribution in [3.8, 4) is 0 Å². The van der Waals surface area contributed by atoms with E-state index in [1.165, 1.54) is 38.8 Å². The maximum Gasteiger partial charge on any atom is 0.0249 e. The van der Waals surface area contributed by atoms with Gasteiger partial charge in [-0.1, -0.05) is 13.0 Å². The summed E-state index contributed by atoms with van der Waals surface area (Å²) in [6.45, 7) is 8.79. The molecule has 2 fully saturated rings. The van der Waals surface area contributed by atoms with E-state index in [4.69, 9.17) is 0 Å². The first-order valence-corrected chi connectivity index (χ1v) is 6.77. The molecular formula is C14H26N2. The molecule has 0 saturated carbocycles. The molecule has 0 amide bonds. The van der Waals surface area contributed by atoms with Crippen LogP contribution in [0, 0.1) is 11.8 Å². The molecule has 0 aromatic rings. The summed E-state index contributed by atoms with van der Waals surface area (Å²) in [6, 6.07) is 1.43. The average Bonchev–Trinajstić information content (AvgIpc) is 2.32. The van der Waals surface area contributed by atoms with Crippen molar-refractivity contribution in [3.05, 3.63) is 12.7 Å². The van der Waals surface area contributed by atoms with Crippen LogP contribution in [-0.4, -0.2) is 37.1 Å². The van der Waals surface area contributed by atoms with Gasteiger partial charge in [-0.2, -0.15) is 0 Å². The summed E-state index contributed by atoms with van der Waals surface area (Å²) in [5.41, 5.74) is 0. The van der Waals surface area contributed by atoms with Gasteiger partial charge in [0.1, 0.15) is 0 Å². The molecule has 2 saturated heterocycles. The summed E-state index contributed by atoms with van der Waals surface area (Å²) >= 11 is 0. The zero-order valence-corrected chi connectivity index (χ0v) is 10.8. The number of likely N-dealkylation sites (tertiary alicyclic amines) is 1. The van der Waals surface area contributed by atoms with Gasteiger partial charge >= 0.3 is 0 Å². The highest BCUT2D eigenvalue weighted by Crippen LogP contribution is 2.28. The number of piperidine rings is 2. The van der Waals surface area contributed by atoms with Crippen LogP contribution in [0.5, 0.6) is 0 Å². The fourth-order valence-electron chi connectivity index (χ4n) is 3.26. The fourth-order valence-corrected chi connectivity index (χ4v) is 3.26. The van der Waals surface area contributed by atoms with Gasteiger partial charge in [0.15, 0.2) is 0 Å². The number of allylic oxidation sites excluding steroid dienone is 1. The highest BCUT2D eigenvalue weighted by atomic mass is 15.2. The molecule has 16 heavy (non-hydrogen) atoms. The number of hydrogen-bond acceptors (Lipinski definition) is 2. The Morgan fingerprint density at radius 3 is 2.88 bits per heavy atom. The summed E-state index contributed by atoms with van der Waals surface area (Å²) in [5, 5.41) is 3.71. The number of rotatable bonds is 2. The minimum absolute atomic E-state index is 0.685. The molecule has 0 aromatic carbocycles. The van der Waals surface area contributed by atoms with Crippen molar-refractivity contribution in [2.24, 2.45) is 11.8 Å². The van der Waals surface area contributed by atoms with E-state index in [0.717, 1.165) is 17.9 Å². The van der Waals surface area contributed by atoms with E-state index in [2.05, 4.69) is 36.8 Å². The molecule has 0 bridgehead atoms. The van der Waals surface area contributed by atoms with Crippen molar-refractivity contribution < 1.29 is 0 Å². The smallest absolute Gasteiger partial charge is 0.0249 e. The third-order valence-corrected chi connectivity index (χ3v) is 4.46. The van der Waals surface area contributed by atoms with E-state index in [-0.39, 0.29) is 0 Å². The molecule has 0 radical (unpaired) electrons. The van der Waals surface area contributed by atoms with Gasteiger partial charge < -0.3 is 10.2 Å². The van der Waals surface area contributed by atoms with Crippen LogP contribution in [0.25, 0.3) is 0 Å². The summed E-state index contributed by atoms with van der Waals surface area (Å²) < 4.78 is 0. The van der Waals surface area contributed by atoms with Crippen molar-refractivity contribution >= 4 is 0 Å². The lowest BCUT2D eigenvalue weighted by atomic mass is 9.82. The molecule has 2 aliphatic heterocycles. The lowest BCUT2D eigenvalue weighted by Gasteiger charge is -2.43. The third-order valence-electron chi connectivity index (χ3n) is 4.46. The Bertz CT molecular complexity index is 239. The van der Waals surface area contributed by atoms with E-state index in [0.29, 0.717) is 6.04 Å². The zero-order valence-electron chi connectivity index (χ0n) is 10.8. The Labute approximate surface area is 100 Å². The van der Waals surface area contributed by atoms with Crippen LogP contribution < -0.4 is 5.32 Å². The van der Waals surface area contributed by atoms with E-state index in [1.807, 2.05) is 0 Å². The lowest BCUT2D eigenvalue weighted by Crippen LogP contribution is -2.54. The number of likely N-dealkylation sites (N-methyl/N-ethyl adjacent to an activating group) is 1. The Hall–Kier alpha value is -0.340. The maximum absolute atomic E-state index is 3.96. The van der Waals surface area contributed by atoms with Crippen molar-refractivity contribution in [1.82, 2.24) is 10.2 Å². The van der Waals surface area contributed by atoms with Gasteiger partial charge in [-0.15, -0.1) is 6.58 Å². The zero-order chi connectivity index (χ0) is 11.5. The Morgan fingerprint density at radius 1 is 1.31 bits per heavy atom. The molecule has 0 aromatic heterocycles. The lowest BCUT2D eigenvalue weighted by molar-refractivity contribution is 0.0980. The topological polar surface area (TPSA) is 15.3 Å². The largest absolute Gasteiger partial charge is 0.312 e. The molecule has 4 atom stereocenters. The highest BCUT2D eigenvalue weighted by Gasteiger charge is 2.32. The summed E-state index contributed by atoms with van der Waals surface area (Å²) in [7, 11) is 2.29. The Kier molecular flexibility index (Phi) is 4.04. The second-order valence-corrected chi connectivity index (χ2v) is 5.76. The van der Waals surface area contributed by atoms with Gasteiger partial charge in [0.25, 0.3) is 0 Å². The van der Waals surface area contributed by atoms with E-state index < -0.39 is 0 Å². The molecule has 2 heterocycles. The van der Waals surface area contributed by atoms with Crippen LogP contribution >= 0.6 is 0 Å². The van der Waals surface area contributed by atoms with E-state index in [1.54, 1.807) is 0 Å². The molecule has 4 unspecified atom stereocenters. The second-order valence-electron chi connectivity index (χ2n) is 5.76. The first kappa shape index (κ1) is 12.1. The van der Waals surface area contributed by atoms with Crippen LogP contribution in [0.15, 0.2) is 12.7 Å². The predicted molar refractivity (Wildman–Crippen MR) is 69.5 cm³/mol. The molecule has 2 aliphatic rings. The van der Waals surface area contributed by atoms with E-state index in [9.17, 15) is 0 Å². The van der Waals surface area contributed by atoms with Gasteiger partial charge in [-0.3, -0.25) is 0 Å². The third kappa shape index (κ3) is 2.67. The number of nitrogens with zero attached hydrogens (tertiary/aromatic N) is 1. The average molecular weight is 222 g/mol. The van der Waals surface area contributed by atoms with Crippen LogP contribution in [-0.2, 0) is 0 Å². The van der Waals surface area contributed by atoms with Crippen LogP contribution in [0.1, 0.15) is 32.6 Å². The van der Waals surface area contributed by atoms with Crippen molar-refractivity contribution in [2.75, 3.05) is 20.1 Å². The maximum atomic E-state index is 3.96. The van der Waals surface area contributed by atoms with E-state index >= 15 is 0 Å². The summed E-state index contributed by atoms with van der Waals surface area (Å²) in [6.07, 6.45) is 7.43. The monoisotopic (exact) mass is 222 g/mol. The summed E-state index contributed by atoms with van der Waals surface area (Å²) in [5.74, 6) is 1.63. The number of nitrogens with one attached hydrogen (secondary N) is 1. The second kappa shape index (κ2) is 5.33. The van der Waals surface area contributed by atoms with Gasteiger partial charge in [-0.05, 0) is 57.7 Å². The highest BCUT2D eigenvalue weighted by molar-refractivity contribution is 4.95. The van der Waals surface area contributed by atoms with Gasteiger partial charge in [0.2, 0.25) is 0 Å². The Morgan fingerprint density at radius 2 is 2.12 bits per heavy atom. The standard InChI is InChI=1S/C14H26N2/c1-4-12-5-7-15-13(10-12)14-9-11(2)6-8-16(14)3/h4,11-15H,1,5-10H2,2-3H3. The molecule has 2 heteroatoms. The van der Waals surface area contributed by atoms with Gasteiger partial charge in [0, 0.05) is 12.1 Å². The first-order valence-electron chi connectivity index (χ1n) is 6.77. The van der Waals surface area contributed by atoms with Gasteiger partial charge in [-0.25, -0.2) is 0 Å². The van der Waals surface area contributed by atoms with Crippen LogP contribution in [0.4, 0.5) is 0 Å². The fraction of sp³-hybridized carbons (Fsp3) is 0.857. The SMILES string of the molecule is C=CC1CCNC(C2CC(C)CCN2C)C1. The van der Waals surface area contributed by atoms with Crippen LogP contribution in [0.2, 0.25) is 0 Å². The first-order chi connectivity index (χ1) is 7.70. The summed E-state index contributed by atoms with van der Waals surface area (Å²) in [4.78, 5) is 2.56. The normalized spacial score (nSPS) is 41.9. The molecule has 2 rings (SSSR count). The minimum atomic E-state index is 0.685. The van der Waals surface area contributed by atoms with Gasteiger partial charge in [0.05, 0.1) is 0 Å². The van der Waals surface area contributed by atoms with Crippen molar-refractivity contribution in [2.45, 2.75) is 44.7 Å². The molecular weight excluding hydrogens is 196 g/mol. The molecule has 1 N–H and O–H groups in total. The van der Waals surface area contributed by atoms with Crippen molar-refractivity contribution in [1.29, 1.82) is 0 Å². The molecule has 0 aliphatic carbocycles. The predicted octanol–water partition coefficient (Wildman–Crippen LogP) is 2.27. The van der Waals surface area contributed by atoms with Crippen molar-refractivity contribution in [3.63, 3.8) is 0 Å². The minimum Gasteiger partial charge on any atom is -0.312 e. The molecule has 2 nitrogen and oxygen atoms in total.